The summed E-state index contributed by atoms with van der Waals surface area (Å²) in [4.78, 5) is 3.95. The molecule has 0 N–H and O–H groups in total. The molecule has 0 spiro atoms. The lowest BCUT2D eigenvalue weighted by molar-refractivity contribution is 0.542. The van der Waals surface area contributed by atoms with Gasteiger partial charge in [-0.3, -0.25) is 0 Å². The SMILES string of the molecule is Cc1ncn(C=Cc2nnco2)n1. The molecular formula is C7H7N5O. The number of aryl methyl sites for hydroxylation is 1. The third-order valence-corrected chi connectivity index (χ3v) is 1.37. The topological polar surface area (TPSA) is 69.6 Å². The van der Waals surface area contributed by atoms with Crippen LogP contribution < -0.4 is 0 Å². The van der Waals surface area contributed by atoms with Crippen LogP contribution in [0.15, 0.2) is 17.1 Å². The van der Waals surface area contributed by atoms with E-state index in [2.05, 4.69) is 20.3 Å². The lowest BCUT2D eigenvalue weighted by Gasteiger charge is -1.85. The Labute approximate surface area is 73.9 Å². The molecule has 6 heteroatoms. The first kappa shape index (κ1) is 7.66. The third-order valence-electron chi connectivity index (χ3n) is 1.37. The van der Waals surface area contributed by atoms with Gasteiger partial charge in [0.15, 0.2) is 0 Å². The second-order valence-electron chi connectivity index (χ2n) is 2.36. The summed E-state index contributed by atoms with van der Waals surface area (Å²) in [5.74, 6) is 1.16. The lowest BCUT2D eigenvalue weighted by Crippen LogP contribution is -1.86. The van der Waals surface area contributed by atoms with Crippen molar-refractivity contribution in [1.29, 1.82) is 0 Å². The number of rotatable bonds is 2. The van der Waals surface area contributed by atoms with E-state index in [1.807, 2.05) is 6.92 Å². The molecule has 2 rings (SSSR count). The minimum absolute atomic E-state index is 0.438. The van der Waals surface area contributed by atoms with Gasteiger partial charge in [-0.05, 0) is 6.92 Å². The van der Waals surface area contributed by atoms with Crippen LogP contribution in [-0.2, 0) is 0 Å². The maximum absolute atomic E-state index is 4.89. The Bertz CT molecular complexity index is 402. The Morgan fingerprint density at radius 2 is 2.46 bits per heavy atom. The molecule has 66 valence electrons. The molecule has 0 fully saturated rings. The highest BCUT2D eigenvalue weighted by Gasteiger charge is 1.92. The largest absolute Gasteiger partial charge is 0.424 e. The molecule has 0 aliphatic rings. The van der Waals surface area contributed by atoms with Crippen LogP contribution in [0.5, 0.6) is 0 Å². The van der Waals surface area contributed by atoms with E-state index in [9.17, 15) is 0 Å². The van der Waals surface area contributed by atoms with Gasteiger partial charge in [-0.2, -0.15) is 5.10 Å². The predicted molar refractivity (Wildman–Crippen MR) is 44.3 cm³/mol. The third kappa shape index (κ3) is 1.78. The average molecular weight is 177 g/mol. The van der Waals surface area contributed by atoms with Gasteiger partial charge in [-0.1, -0.05) is 0 Å². The van der Waals surface area contributed by atoms with E-state index in [0.29, 0.717) is 5.89 Å². The molecule has 2 aromatic rings. The molecular weight excluding hydrogens is 170 g/mol. The average Bonchev–Trinajstić information content (AvgIpc) is 2.71. The molecule has 0 aliphatic heterocycles. The monoisotopic (exact) mass is 177 g/mol. The van der Waals surface area contributed by atoms with E-state index in [0.717, 1.165) is 5.82 Å². The van der Waals surface area contributed by atoms with Gasteiger partial charge in [0, 0.05) is 12.3 Å². The summed E-state index contributed by atoms with van der Waals surface area (Å²) in [6, 6.07) is 0. The summed E-state index contributed by atoms with van der Waals surface area (Å²) in [6.45, 7) is 1.82. The molecule has 0 radical (unpaired) electrons. The Hall–Kier alpha value is -1.98. The van der Waals surface area contributed by atoms with Crippen LogP contribution in [0.2, 0.25) is 0 Å². The van der Waals surface area contributed by atoms with Crippen molar-refractivity contribution in [2.45, 2.75) is 6.92 Å². The van der Waals surface area contributed by atoms with Gasteiger partial charge in [0.05, 0.1) is 0 Å². The lowest BCUT2D eigenvalue weighted by atomic mass is 10.6. The van der Waals surface area contributed by atoms with Crippen LogP contribution >= 0.6 is 0 Å². The maximum Gasteiger partial charge on any atom is 0.241 e. The van der Waals surface area contributed by atoms with Crippen molar-refractivity contribution < 1.29 is 4.42 Å². The van der Waals surface area contributed by atoms with E-state index in [4.69, 9.17) is 4.42 Å². The molecule has 0 unspecified atom stereocenters. The quantitative estimate of drug-likeness (QED) is 0.671. The van der Waals surface area contributed by atoms with Crippen molar-refractivity contribution in [2.24, 2.45) is 0 Å². The molecule has 0 amide bonds. The van der Waals surface area contributed by atoms with Crippen molar-refractivity contribution in [3.63, 3.8) is 0 Å². The molecule has 0 saturated carbocycles. The molecule has 0 saturated heterocycles. The Morgan fingerprint density at radius 3 is 3.08 bits per heavy atom. The second-order valence-corrected chi connectivity index (χ2v) is 2.36. The van der Waals surface area contributed by atoms with Crippen LogP contribution in [0.25, 0.3) is 12.3 Å². The molecule has 13 heavy (non-hydrogen) atoms. The van der Waals surface area contributed by atoms with Gasteiger partial charge in [0.2, 0.25) is 12.3 Å². The van der Waals surface area contributed by atoms with Crippen molar-refractivity contribution in [2.75, 3.05) is 0 Å². The first-order valence-electron chi connectivity index (χ1n) is 3.67. The predicted octanol–water partition coefficient (Wildman–Crippen LogP) is 0.597. The summed E-state index contributed by atoms with van der Waals surface area (Å²) in [5, 5.41) is 11.2. The standard InChI is InChI=1S/C7H7N5O/c1-6-8-4-12(11-6)3-2-7-10-9-5-13-7/h2-5H,1H3. The van der Waals surface area contributed by atoms with Gasteiger partial charge in [-0.15, -0.1) is 10.2 Å². The summed E-state index contributed by atoms with van der Waals surface area (Å²) in [7, 11) is 0. The molecule has 0 aliphatic carbocycles. The molecule has 6 nitrogen and oxygen atoms in total. The highest BCUT2D eigenvalue weighted by Crippen LogP contribution is 1.96. The first-order valence-corrected chi connectivity index (χ1v) is 3.67. The van der Waals surface area contributed by atoms with Crippen LogP contribution in [0.1, 0.15) is 11.7 Å². The minimum Gasteiger partial charge on any atom is -0.424 e. The van der Waals surface area contributed by atoms with Crippen molar-refractivity contribution in [3.05, 3.63) is 24.4 Å². The summed E-state index contributed by atoms with van der Waals surface area (Å²) < 4.78 is 6.46. The Morgan fingerprint density at radius 1 is 1.54 bits per heavy atom. The van der Waals surface area contributed by atoms with Crippen molar-refractivity contribution >= 4 is 12.3 Å². The van der Waals surface area contributed by atoms with E-state index in [-0.39, 0.29) is 0 Å². The van der Waals surface area contributed by atoms with E-state index in [1.165, 1.54) is 6.39 Å². The maximum atomic E-state index is 4.89. The fourth-order valence-corrected chi connectivity index (χ4v) is 0.828. The van der Waals surface area contributed by atoms with Gasteiger partial charge in [-0.25, -0.2) is 9.67 Å². The van der Waals surface area contributed by atoms with Crippen molar-refractivity contribution in [3.8, 4) is 0 Å². The summed E-state index contributed by atoms with van der Waals surface area (Å²) in [6.07, 6.45) is 6.21. The fourth-order valence-electron chi connectivity index (χ4n) is 0.828. The highest BCUT2D eigenvalue weighted by atomic mass is 16.4. The Kier molecular flexibility index (Phi) is 1.87. The van der Waals surface area contributed by atoms with E-state index < -0.39 is 0 Å². The smallest absolute Gasteiger partial charge is 0.241 e. The molecule has 2 heterocycles. The summed E-state index contributed by atoms with van der Waals surface area (Å²) >= 11 is 0. The van der Waals surface area contributed by atoms with Gasteiger partial charge in [0.25, 0.3) is 0 Å². The fraction of sp³-hybridized carbons (Fsp3) is 0.143. The molecule has 2 aromatic heterocycles. The van der Waals surface area contributed by atoms with E-state index in [1.54, 1.807) is 23.3 Å². The van der Waals surface area contributed by atoms with Gasteiger partial charge >= 0.3 is 0 Å². The normalized spacial score (nSPS) is 11.2. The number of aromatic nitrogens is 5. The number of nitrogens with zero attached hydrogens (tertiary/aromatic N) is 5. The highest BCUT2D eigenvalue weighted by molar-refractivity contribution is 5.52. The van der Waals surface area contributed by atoms with Gasteiger partial charge < -0.3 is 4.42 Å². The molecule has 0 atom stereocenters. The zero-order valence-corrected chi connectivity index (χ0v) is 6.95. The molecule has 0 aromatic carbocycles. The van der Waals surface area contributed by atoms with Crippen LogP contribution in [0.3, 0.4) is 0 Å². The first-order chi connectivity index (χ1) is 6.34. The van der Waals surface area contributed by atoms with Gasteiger partial charge in [0.1, 0.15) is 12.2 Å². The second kappa shape index (κ2) is 3.18. The molecule has 0 bridgehead atoms. The van der Waals surface area contributed by atoms with Crippen molar-refractivity contribution in [1.82, 2.24) is 25.0 Å². The zero-order chi connectivity index (χ0) is 9.10. The minimum atomic E-state index is 0.438. The van der Waals surface area contributed by atoms with E-state index >= 15 is 0 Å². The van der Waals surface area contributed by atoms with Crippen LogP contribution in [0.4, 0.5) is 0 Å². The van der Waals surface area contributed by atoms with Crippen LogP contribution in [-0.4, -0.2) is 25.0 Å². The summed E-state index contributed by atoms with van der Waals surface area (Å²) in [5.41, 5.74) is 0. The number of hydrogen-bond acceptors (Lipinski definition) is 5. The van der Waals surface area contributed by atoms with Crippen LogP contribution in [0, 0.1) is 6.92 Å². The zero-order valence-electron chi connectivity index (χ0n) is 6.95. The number of hydrogen-bond donors (Lipinski definition) is 0. The Balaban J connectivity index is 2.14.